The van der Waals surface area contributed by atoms with Crippen LogP contribution in [0.4, 0.5) is 74.6 Å². The van der Waals surface area contributed by atoms with Crippen LogP contribution >= 0.6 is 0 Å². The van der Waals surface area contributed by atoms with Gasteiger partial charge in [-0.2, -0.15) is 74.6 Å². The van der Waals surface area contributed by atoms with Crippen LogP contribution in [-0.2, 0) is 0 Å². The van der Waals surface area contributed by atoms with Crippen LogP contribution in [0.3, 0.4) is 0 Å². The lowest BCUT2D eigenvalue weighted by Gasteiger charge is -2.42. The van der Waals surface area contributed by atoms with Gasteiger partial charge in [-0.3, -0.25) is 5.32 Å². The Morgan fingerprint density at radius 2 is 0.724 bits per heavy atom. The van der Waals surface area contributed by atoms with Gasteiger partial charge < -0.3 is 5.11 Å². The fourth-order valence-electron chi connectivity index (χ4n) is 1.49. The quantitative estimate of drug-likeness (QED) is 0.377. The first kappa shape index (κ1) is 27.7. The molecule has 0 fully saturated rings. The zero-order chi connectivity index (χ0) is 24.1. The van der Waals surface area contributed by atoms with Crippen LogP contribution in [-0.4, -0.2) is 66.0 Å². The van der Waals surface area contributed by atoms with E-state index in [0.717, 1.165) is 0 Å². The normalized spacial score (nSPS) is 16.3. The van der Waals surface area contributed by atoms with Gasteiger partial charge in [-0.15, -0.1) is 0 Å². The average molecular weight is 479 g/mol. The first-order valence-corrected chi connectivity index (χ1v) is 6.38. The Labute approximate surface area is 147 Å². The fraction of sp³-hybridized carbons (Fsp3) is 1.00. The highest BCUT2D eigenvalue weighted by Crippen LogP contribution is 2.63. The van der Waals surface area contributed by atoms with Crippen molar-refractivity contribution >= 4 is 0 Å². The molecule has 0 unspecified atom stereocenters. The number of halogens is 17. The fourth-order valence-corrected chi connectivity index (χ4v) is 1.49. The first-order valence-electron chi connectivity index (χ1n) is 6.38. The molecule has 0 amide bonds. The highest BCUT2D eigenvalue weighted by Gasteiger charge is 2.95. The van der Waals surface area contributed by atoms with Crippen LogP contribution in [0.2, 0.25) is 0 Å². The smallest absolute Gasteiger partial charge is 0.395 e. The highest BCUT2D eigenvalue weighted by molar-refractivity contribution is 5.14. The number of aliphatic hydroxyl groups excluding tert-OH is 1. The zero-order valence-electron chi connectivity index (χ0n) is 12.8. The molecule has 2 N–H and O–H groups in total. The Morgan fingerprint density at radius 1 is 0.448 bits per heavy atom. The van der Waals surface area contributed by atoms with Crippen molar-refractivity contribution in [1.29, 1.82) is 0 Å². The second-order valence-electron chi connectivity index (χ2n) is 5.17. The average Bonchev–Trinajstić information content (AvgIpc) is 2.50. The zero-order valence-corrected chi connectivity index (χ0v) is 12.8. The topological polar surface area (TPSA) is 32.3 Å². The lowest BCUT2D eigenvalue weighted by Crippen LogP contribution is -2.75. The minimum atomic E-state index is -8.64. The molecular weight excluding hydrogens is 473 g/mol. The number of nitrogens with one attached hydrogen (secondary N) is 1. The van der Waals surface area contributed by atoms with Crippen molar-refractivity contribution in [3.63, 3.8) is 0 Å². The summed E-state index contributed by atoms with van der Waals surface area (Å²) in [4.78, 5) is 0. The third-order valence-electron chi connectivity index (χ3n) is 3.18. The maximum atomic E-state index is 13.2. The number of aliphatic hydroxyl groups is 1. The molecule has 0 atom stereocenters. The summed E-state index contributed by atoms with van der Waals surface area (Å²) in [5, 5.41) is 8.04. The van der Waals surface area contributed by atoms with E-state index in [4.69, 9.17) is 5.11 Å². The maximum absolute atomic E-state index is 13.2. The molecule has 0 heterocycles. The summed E-state index contributed by atoms with van der Waals surface area (Å²) in [6.07, 6.45) is -7.78. The summed E-state index contributed by atoms with van der Waals surface area (Å²) in [6.45, 7) is -3.36. The van der Waals surface area contributed by atoms with Gasteiger partial charge in [0.05, 0.1) is 6.61 Å². The molecule has 0 radical (unpaired) electrons. The minimum Gasteiger partial charge on any atom is -0.395 e. The van der Waals surface area contributed by atoms with Gasteiger partial charge in [0.1, 0.15) is 0 Å². The number of rotatable bonds is 9. The van der Waals surface area contributed by atoms with Crippen molar-refractivity contribution < 1.29 is 79.7 Å². The van der Waals surface area contributed by atoms with Crippen LogP contribution in [0.1, 0.15) is 0 Å². The Kier molecular flexibility index (Phi) is 6.84. The second-order valence-corrected chi connectivity index (χ2v) is 5.17. The van der Waals surface area contributed by atoms with Gasteiger partial charge in [0.2, 0.25) is 0 Å². The van der Waals surface area contributed by atoms with Gasteiger partial charge in [-0.05, 0) is 0 Å². The maximum Gasteiger partial charge on any atom is 0.460 e. The van der Waals surface area contributed by atoms with Gasteiger partial charge >= 0.3 is 47.8 Å². The number of alkyl halides is 17. The summed E-state index contributed by atoms with van der Waals surface area (Å²) >= 11 is 0. The van der Waals surface area contributed by atoms with Crippen LogP contribution in [0.5, 0.6) is 0 Å². The lowest BCUT2D eigenvalue weighted by molar-refractivity contribution is -0.462. The van der Waals surface area contributed by atoms with Crippen molar-refractivity contribution in [1.82, 2.24) is 5.32 Å². The predicted octanol–water partition coefficient (Wildman–Crippen LogP) is 4.54. The number of hydrogen-bond acceptors (Lipinski definition) is 2. The summed E-state index contributed by atoms with van der Waals surface area (Å²) in [7, 11) is 0. The van der Waals surface area contributed by atoms with E-state index < -0.39 is 60.9 Å². The van der Waals surface area contributed by atoms with Crippen LogP contribution in [0, 0.1) is 0 Å². The van der Waals surface area contributed by atoms with Crippen LogP contribution in [0.25, 0.3) is 0 Å². The first-order chi connectivity index (χ1) is 12.3. The van der Waals surface area contributed by atoms with E-state index in [2.05, 4.69) is 0 Å². The van der Waals surface area contributed by atoms with Gasteiger partial charge in [0.15, 0.2) is 0 Å². The van der Waals surface area contributed by atoms with Gasteiger partial charge in [0.25, 0.3) is 0 Å². The van der Waals surface area contributed by atoms with Crippen molar-refractivity contribution in [2.45, 2.75) is 47.8 Å². The van der Waals surface area contributed by atoms with E-state index in [1.54, 1.807) is 0 Å². The largest absolute Gasteiger partial charge is 0.460 e. The predicted molar refractivity (Wildman–Crippen MR) is 55.8 cm³/mol. The monoisotopic (exact) mass is 479 g/mol. The standard InChI is InChI=1S/C10H6F17NO/c11-3(12,5(15,16)7(19,20)9(23,24)25)4(13,14)6(17,18)8(21,22)10(26,27)28-1-2-29/h28-29H,1-2H2. The summed E-state index contributed by atoms with van der Waals surface area (Å²) in [6, 6.07) is -6.67. The molecule has 0 aliphatic rings. The Bertz CT molecular complexity index is 579. The van der Waals surface area contributed by atoms with E-state index >= 15 is 0 Å². The second kappa shape index (κ2) is 7.16. The van der Waals surface area contributed by atoms with E-state index in [9.17, 15) is 74.6 Å². The molecule has 0 spiro atoms. The van der Waals surface area contributed by atoms with Crippen molar-refractivity contribution in [2.75, 3.05) is 13.2 Å². The van der Waals surface area contributed by atoms with Crippen molar-refractivity contribution in [3.05, 3.63) is 0 Å². The molecule has 29 heavy (non-hydrogen) atoms. The number of hydrogen-bond donors (Lipinski definition) is 2. The van der Waals surface area contributed by atoms with E-state index in [-0.39, 0.29) is 5.32 Å². The molecule has 0 saturated heterocycles. The molecule has 0 rings (SSSR count). The highest BCUT2D eigenvalue weighted by atomic mass is 19.4. The van der Waals surface area contributed by atoms with Gasteiger partial charge in [-0.25, -0.2) is 0 Å². The Hall–Kier alpha value is -1.27. The van der Waals surface area contributed by atoms with E-state index in [1.165, 1.54) is 0 Å². The molecule has 0 aliphatic carbocycles. The molecule has 0 saturated carbocycles. The van der Waals surface area contributed by atoms with Crippen LogP contribution in [0.15, 0.2) is 0 Å². The SMILES string of the molecule is OCCNC(F)(F)C(F)(F)C(F)(F)C(F)(F)C(F)(F)C(F)(F)C(F)(F)C(F)(F)F. The molecule has 0 aliphatic heterocycles. The van der Waals surface area contributed by atoms with Gasteiger partial charge in [0, 0.05) is 6.54 Å². The van der Waals surface area contributed by atoms with Crippen molar-refractivity contribution in [2.24, 2.45) is 0 Å². The summed E-state index contributed by atoms with van der Waals surface area (Å²) in [5.74, 6) is -50.0. The molecule has 0 aromatic carbocycles. The van der Waals surface area contributed by atoms with Crippen LogP contribution < -0.4 is 5.32 Å². The van der Waals surface area contributed by atoms with E-state index in [1.807, 2.05) is 0 Å². The molecule has 19 heteroatoms. The molecule has 0 aromatic heterocycles. The summed E-state index contributed by atoms with van der Waals surface area (Å²) in [5.41, 5.74) is 0. The molecule has 0 aromatic rings. The minimum absolute atomic E-state index is 0.0354. The summed E-state index contributed by atoms with van der Waals surface area (Å²) < 4.78 is 217. The third-order valence-corrected chi connectivity index (χ3v) is 3.18. The van der Waals surface area contributed by atoms with Crippen molar-refractivity contribution in [3.8, 4) is 0 Å². The Balaban J connectivity index is 6.57. The third kappa shape index (κ3) is 3.67. The lowest BCUT2D eigenvalue weighted by atomic mass is 9.90. The Morgan fingerprint density at radius 3 is 1.00 bits per heavy atom. The molecule has 176 valence electrons. The molecular formula is C10H6F17NO. The van der Waals surface area contributed by atoms with E-state index in [0.29, 0.717) is 0 Å². The molecule has 2 nitrogen and oxygen atoms in total. The molecule has 0 bridgehead atoms. The van der Waals surface area contributed by atoms with Gasteiger partial charge in [-0.1, -0.05) is 0 Å².